The number of carbonyl (C=O) groups is 2. The number of nitrogens with one attached hydrogen (secondary N) is 1. The van der Waals surface area contributed by atoms with E-state index in [2.05, 4.69) is 5.32 Å². The van der Waals surface area contributed by atoms with Gasteiger partial charge in [-0.05, 0) is 68.7 Å². The van der Waals surface area contributed by atoms with E-state index in [-0.39, 0.29) is 34.8 Å². The van der Waals surface area contributed by atoms with Crippen molar-refractivity contribution in [3.05, 3.63) is 77.9 Å². The molecule has 0 saturated heterocycles. The summed E-state index contributed by atoms with van der Waals surface area (Å²) in [6.45, 7) is 7.01. The van der Waals surface area contributed by atoms with Gasteiger partial charge in [0.25, 0.3) is 10.0 Å². The zero-order valence-corrected chi connectivity index (χ0v) is 27.3. The SMILES string of the molecule is CC[C@@H](C)NC(=O)[C@H](CC)N(Cc1ccc(OC)cc1)C(=O)CN(c1cc(OC)ccc1OC)S(=O)(=O)c1ccc(C)cc1. The molecular weight excluding hydrogens is 582 g/mol. The summed E-state index contributed by atoms with van der Waals surface area (Å²) < 4.78 is 45.7. The van der Waals surface area contributed by atoms with E-state index >= 15 is 0 Å². The summed E-state index contributed by atoms with van der Waals surface area (Å²) in [7, 11) is 0.170. The molecule has 0 unspecified atom stereocenters. The third-order valence-corrected chi connectivity index (χ3v) is 9.22. The molecule has 0 fully saturated rings. The number of hydrogen-bond acceptors (Lipinski definition) is 7. The van der Waals surface area contributed by atoms with Crippen LogP contribution in [0.4, 0.5) is 5.69 Å². The minimum Gasteiger partial charge on any atom is -0.497 e. The van der Waals surface area contributed by atoms with Gasteiger partial charge < -0.3 is 24.4 Å². The molecule has 0 aliphatic carbocycles. The Kier molecular flexibility index (Phi) is 12.0. The van der Waals surface area contributed by atoms with Gasteiger partial charge in [0.05, 0.1) is 31.9 Å². The molecule has 0 saturated carbocycles. The van der Waals surface area contributed by atoms with Crippen LogP contribution in [-0.2, 0) is 26.2 Å². The van der Waals surface area contributed by atoms with Crippen LogP contribution >= 0.6 is 0 Å². The summed E-state index contributed by atoms with van der Waals surface area (Å²) in [5.74, 6) is 0.390. The molecular formula is C33H43N3O7S. The quantitative estimate of drug-likeness (QED) is 0.255. The Bertz CT molecular complexity index is 1510. The van der Waals surface area contributed by atoms with E-state index in [4.69, 9.17) is 14.2 Å². The Morgan fingerprint density at radius 3 is 2.00 bits per heavy atom. The number of rotatable bonds is 15. The molecule has 0 aliphatic heterocycles. The van der Waals surface area contributed by atoms with Gasteiger partial charge in [-0.3, -0.25) is 13.9 Å². The highest BCUT2D eigenvalue weighted by Crippen LogP contribution is 2.36. The van der Waals surface area contributed by atoms with E-state index in [1.807, 2.05) is 39.8 Å². The largest absolute Gasteiger partial charge is 0.497 e. The second kappa shape index (κ2) is 15.5. The molecule has 0 heterocycles. The van der Waals surface area contributed by atoms with Crippen molar-refractivity contribution in [3.8, 4) is 17.2 Å². The second-order valence-corrected chi connectivity index (χ2v) is 12.3. The Balaban J connectivity index is 2.14. The van der Waals surface area contributed by atoms with Gasteiger partial charge in [-0.1, -0.05) is 43.7 Å². The van der Waals surface area contributed by atoms with Gasteiger partial charge in [0, 0.05) is 18.7 Å². The average Bonchev–Trinajstić information content (AvgIpc) is 3.03. The maximum absolute atomic E-state index is 14.3. The van der Waals surface area contributed by atoms with E-state index in [1.165, 1.54) is 37.3 Å². The lowest BCUT2D eigenvalue weighted by molar-refractivity contribution is -0.140. The fourth-order valence-corrected chi connectivity index (χ4v) is 6.05. The zero-order chi connectivity index (χ0) is 32.4. The second-order valence-electron chi connectivity index (χ2n) is 10.5. The molecule has 1 N–H and O–H groups in total. The van der Waals surface area contributed by atoms with Gasteiger partial charge in [0.15, 0.2) is 0 Å². The standard InChI is InChI=1S/C33H43N3O7S/c1-8-24(4)34-33(38)29(9-2)35(21-25-12-14-26(41-5)15-13-25)32(37)22-36(30-20-27(42-6)16-19-31(30)43-7)44(39,40)28-17-10-23(3)11-18-28/h10-20,24,29H,8-9,21-22H2,1-7H3,(H,34,38)/t24-,29+/m1/s1. The number of methoxy groups -OCH3 is 3. The number of sulfonamides is 1. The summed E-state index contributed by atoms with van der Waals surface area (Å²) in [6.07, 6.45) is 1.03. The summed E-state index contributed by atoms with van der Waals surface area (Å²) in [6, 6.07) is 17.3. The maximum Gasteiger partial charge on any atom is 0.264 e. The topological polar surface area (TPSA) is 114 Å². The monoisotopic (exact) mass is 625 g/mol. The fourth-order valence-electron chi connectivity index (χ4n) is 4.63. The first-order chi connectivity index (χ1) is 21.0. The smallest absolute Gasteiger partial charge is 0.264 e. The molecule has 44 heavy (non-hydrogen) atoms. The highest BCUT2D eigenvalue weighted by Gasteiger charge is 2.35. The van der Waals surface area contributed by atoms with Crippen molar-refractivity contribution in [2.24, 2.45) is 0 Å². The summed E-state index contributed by atoms with van der Waals surface area (Å²) in [5.41, 5.74) is 1.76. The van der Waals surface area contributed by atoms with E-state index in [9.17, 15) is 18.0 Å². The third-order valence-electron chi connectivity index (χ3n) is 7.44. The molecule has 3 aromatic rings. The Hall–Kier alpha value is -4.25. The number of nitrogens with zero attached hydrogens (tertiary/aromatic N) is 2. The third kappa shape index (κ3) is 8.22. The lowest BCUT2D eigenvalue weighted by Gasteiger charge is -2.34. The number of hydrogen-bond donors (Lipinski definition) is 1. The van der Waals surface area contributed by atoms with E-state index in [0.29, 0.717) is 24.3 Å². The number of anilines is 1. The molecule has 0 aromatic heterocycles. The van der Waals surface area contributed by atoms with Crippen LogP contribution in [0.5, 0.6) is 17.2 Å². The van der Waals surface area contributed by atoms with E-state index in [1.54, 1.807) is 43.5 Å². The van der Waals surface area contributed by atoms with Crippen molar-refractivity contribution in [3.63, 3.8) is 0 Å². The number of aryl methyl sites for hydroxylation is 1. The van der Waals surface area contributed by atoms with Crippen molar-refractivity contribution in [1.29, 1.82) is 0 Å². The lowest BCUT2D eigenvalue weighted by atomic mass is 10.1. The van der Waals surface area contributed by atoms with Gasteiger partial charge in [-0.25, -0.2) is 8.42 Å². The number of carbonyl (C=O) groups excluding carboxylic acids is 2. The van der Waals surface area contributed by atoms with Gasteiger partial charge in [-0.2, -0.15) is 0 Å². The van der Waals surface area contributed by atoms with Crippen LogP contribution in [0.3, 0.4) is 0 Å². The fraction of sp³-hybridized carbons (Fsp3) is 0.394. The Labute approximate surface area is 261 Å². The first-order valence-corrected chi connectivity index (χ1v) is 16.0. The molecule has 0 bridgehead atoms. The summed E-state index contributed by atoms with van der Waals surface area (Å²) in [4.78, 5) is 29.3. The van der Waals surface area contributed by atoms with E-state index < -0.39 is 28.5 Å². The molecule has 2 amide bonds. The van der Waals surface area contributed by atoms with Gasteiger partial charge >= 0.3 is 0 Å². The first-order valence-electron chi connectivity index (χ1n) is 14.5. The van der Waals surface area contributed by atoms with Crippen LogP contribution in [0.1, 0.15) is 44.7 Å². The molecule has 3 rings (SSSR count). The minimum atomic E-state index is -4.28. The predicted molar refractivity (Wildman–Crippen MR) is 171 cm³/mol. The first kappa shape index (κ1) is 34.2. The van der Waals surface area contributed by atoms with Crippen molar-refractivity contribution in [2.75, 3.05) is 32.2 Å². The normalized spacial score (nSPS) is 12.5. The number of amides is 2. The molecule has 3 aromatic carbocycles. The Morgan fingerprint density at radius 1 is 0.841 bits per heavy atom. The van der Waals surface area contributed by atoms with Crippen LogP contribution in [-0.4, -0.2) is 65.1 Å². The van der Waals surface area contributed by atoms with Crippen LogP contribution in [0.2, 0.25) is 0 Å². The molecule has 2 atom stereocenters. The average molecular weight is 626 g/mol. The van der Waals surface area contributed by atoms with Crippen molar-refractivity contribution >= 4 is 27.5 Å². The zero-order valence-electron chi connectivity index (χ0n) is 26.5. The highest BCUT2D eigenvalue weighted by atomic mass is 32.2. The van der Waals surface area contributed by atoms with Crippen LogP contribution in [0, 0.1) is 6.92 Å². The molecule has 0 radical (unpaired) electrons. The van der Waals surface area contributed by atoms with Gasteiger partial charge in [-0.15, -0.1) is 0 Å². The van der Waals surface area contributed by atoms with Crippen molar-refractivity contribution in [2.45, 2.75) is 64.1 Å². The minimum absolute atomic E-state index is 0.00373. The summed E-state index contributed by atoms with van der Waals surface area (Å²) in [5, 5.41) is 2.98. The summed E-state index contributed by atoms with van der Waals surface area (Å²) >= 11 is 0. The molecule has 10 nitrogen and oxygen atoms in total. The lowest BCUT2D eigenvalue weighted by Crippen LogP contribution is -2.53. The van der Waals surface area contributed by atoms with Crippen LogP contribution < -0.4 is 23.8 Å². The van der Waals surface area contributed by atoms with Crippen molar-refractivity contribution < 1.29 is 32.2 Å². The van der Waals surface area contributed by atoms with Crippen molar-refractivity contribution in [1.82, 2.24) is 10.2 Å². The highest BCUT2D eigenvalue weighted by molar-refractivity contribution is 7.92. The van der Waals surface area contributed by atoms with Gasteiger partial charge in [0.1, 0.15) is 29.8 Å². The number of benzene rings is 3. The van der Waals surface area contributed by atoms with Crippen LogP contribution in [0.25, 0.3) is 0 Å². The molecule has 0 spiro atoms. The Morgan fingerprint density at radius 2 is 1.45 bits per heavy atom. The molecule has 0 aliphatic rings. The van der Waals surface area contributed by atoms with Crippen LogP contribution in [0.15, 0.2) is 71.6 Å². The van der Waals surface area contributed by atoms with E-state index in [0.717, 1.165) is 15.4 Å². The predicted octanol–water partition coefficient (Wildman–Crippen LogP) is 4.94. The number of ether oxygens (including phenoxy) is 3. The molecule has 238 valence electrons. The van der Waals surface area contributed by atoms with Gasteiger partial charge in [0.2, 0.25) is 11.8 Å². The molecule has 11 heteroatoms. The maximum atomic E-state index is 14.3.